The van der Waals surface area contributed by atoms with Gasteiger partial charge in [-0.25, -0.2) is 4.39 Å². The second-order valence-corrected chi connectivity index (χ2v) is 7.66. The van der Waals surface area contributed by atoms with Crippen molar-refractivity contribution in [2.75, 3.05) is 31.6 Å². The number of ether oxygens (including phenoxy) is 1. The molecule has 162 valence electrons. The SMILES string of the molecule is N#C/C(=C\C1=C(N2CCOCC2)C(=C\c2ccccc2)/CC1)C(=O)Nc1ccccc1F. The highest BCUT2D eigenvalue weighted by atomic mass is 19.1. The molecule has 0 spiro atoms. The lowest BCUT2D eigenvalue weighted by Gasteiger charge is -2.31. The minimum absolute atomic E-state index is 0.0463. The number of nitriles is 1. The lowest BCUT2D eigenvalue weighted by atomic mass is 10.1. The monoisotopic (exact) mass is 429 g/mol. The van der Waals surface area contributed by atoms with E-state index in [1.807, 2.05) is 24.3 Å². The Balaban J connectivity index is 1.68. The molecule has 2 aromatic rings. The van der Waals surface area contributed by atoms with Crippen molar-refractivity contribution >= 4 is 17.7 Å². The minimum atomic E-state index is -0.619. The van der Waals surface area contributed by atoms with Crippen LogP contribution in [0.3, 0.4) is 0 Å². The summed E-state index contributed by atoms with van der Waals surface area (Å²) in [4.78, 5) is 15.0. The highest BCUT2D eigenvalue weighted by Gasteiger charge is 2.26. The molecular weight excluding hydrogens is 405 g/mol. The molecule has 0 radical (unpaired) electrons. The highest BCUT2D eigenvalue weighted by Crippen LogP contribution is 2.37. The number of nitrogens with one attached hydrogen (secondary N) is 1. The van der Waals surface area contributed by atoms with Crippen molar-refractivity contribution in [2.45, 2.75) is 12.8 Å². The molecule has 32 heavy (non-hydrogen) atoms. The number of hydrogen-bond acceptors (Lipinski definition) is 4. The highest BCUT2D eigenvalue weighted by molar-refractivity contribution is 6.07. The van der Waals surface area contributed by atoms with Crippen LogP contribution in [0.2, 0.25) is 0 Å². The van der Waals surface area contributed by atoms with E-state index in [-0.39, 0.29) is 11.3 Å². The standard InChI is InChI=1S/C26H24FN3O2/c27-23-8-4-5-9-24(23)29-26(31)22(18-28)17-21-11-10-20(16-19-6-2-1-3-7-19)25(21)30-12-14-32-15-13-30/h1-9,16-17H,10-15H2,(H,29,31)/b20-16-,22-17+. The van der Waals surface area contributed by atoms with Crippen molar-refractivity contribution in [3.63, 3.8) is 0 Å². The molecule has 1 heterocycles. The number of allylic oxidation sites excluding steroid dienone is 3. The molecule has 1 aliphatic heterocycles. The quantitative estimate of drug-likeness (QED) is 0.554. The van der Waals surface area contributed by atoms with Crippen LogP contribution in [0.4, 0.5) is 10.1 Å². The van der Waals surface area contributed by atoms with Crippen LogP contribution >= 0.6 is 0 Å². The summed E-state index contributed by atoms with van der Waals surface area (Å²) >= 11 is 0. The average molecular weight is 429 g/mol. The van der Waals surface area contributed by atoms with Gasteiger partial charge in [-0.15, -0.1) is 0 Å². The molecule has 0 bridgehead atoms. The first-order valence-corrected chi connectivity index (χ1v) is 10.6. The first-order chi connectivity index (χ1) is 15.7. The van der Waals surface area contributed by atoms with Crippen LogP contribution in [0.1, 0.15) is 18.4 Å². The summed E-state index contributed by atoms with van der Waals surface area (Å²) in [6.07, 6.45) is 5.36. The Morgan fingerprint density at radius 1 is 1.06 bits per heavy atom. The second-order valence-electron chi connectivity index (χ2n) is 7.66. The third-order valence-corrected chi connectivity index (χ3v) is 5.55. The Morgan fingerprint density at radius 2 is 1.78 bits per heavy atom. The molecule has 2 aromatic carbocycles. The normalized spacial score (nSPS) is 18.1. The zero-order chi connectivity index (χ0) is 22.3. The lowest BCUT2D eigenvalue weighted by Crippen LogP contribution is -2.36. The van der Waals surface area contributed by atoms with Gasteiger partial charge in [-0.2, -0.15) is 5.26 Å². The molecule has 4 rings (SSSR count). The largest absolute Gasteiger partial charge is 0.378 e. The van der Waals surface area contributed by atoms with E-state index >= 15 is 0 Å². The number of hydrogen-bond donors (Lipinski definition) is 1. The summed E-state index contributed by atoms with van der Waals surface area (Å²) < 4.78 is 19.4. The number of anilines is 1. The molecular formula is C26H24FN3O2. The zero-order valence-corrected chi connectivity index (χ0v) is 17.7. The van der Waals surface area contributed by atoms with Crippen LogP contribution in [0.5, 0.6) is 0 Å². The molecule has 1 aliphatic carbocycles. The van der Waals surface area contributed by atoms with E-state index in [4.69, 9.17) is 4.74 Å². The van der Waals surface area contributed by atoms with Crippen molar-refractivity contribution in [3.8, 4) is 6.07 Å². The lowest BCUT2D eigenvalue weighted by molar-refractivity contribution is -0.112. The zero-order valence-electron chi connectivity index (χ0n) is 17.7. The number of carbonyl (C=O) groups is 1. The van der Waals surface area contributed by atoms with Crippen LogP contribution in [0, 0.1) is 17.1 Å². The fraction of sp³-hybridized carbons (Fsp3) is 0.231. The van der Waals surface area contributed by atoms with Gasteiger partial charge >= 0.3 is 0 Å². The average Bonchev–Trinajstić information content (AvgIpc) is 3.22. The topological polar surface area (TPSA) is 65.4 Å². The van der Waals surface area contributed by atoms with Crippen molar-refractivity contribution in [3.05, 3.63) is 94.5 Å². The van der Waals surface area contributed by atoms with Gasteiger partial charge in [0.15, 0.2) is 0 Å². The summed E-state index contributed by atoms with van der Waals surface area (Å²) in [6.45, 7) is 2.78. The number of halogens is 1. The van der Waals surface area contributed by atoms with Crippen LogP contribution in [0.15, 0.2) is 83.1 Å². The predicted molar refractivity (Wildman–Crippen MR) is 122 cm³/mol. The molecule has 6 heteroatoms. The summed E-state index contributed by atoms with van der Waals surface area (Å²) in [5.74, 6) is -1.16. The number of nitrogens with zero attached hydrogens (tertiary/aromatic N) is 2. The van der Waals surface area contributed by atoms with Crippen LogP contribution in [-0.2, 0) is 9.53 Å². The second kappa shape index (κ2) is 10.1. The van der Waals surface area contributed by atoms with Gasteiger partial charge < -0.3 is 15.0 Å². The molecule has 0 aromatic heterocycles. The first-order valence-electron chi connectivity index (χ1n) is 10.6. The molecule has 1 saturated heterocycles. The smallest absolute Gasteiger partial charge is 0.266 e. The number of para-hydroxylation sites is 1. The van der Waals surface area contributed by atoms with Gasteiger partial charge in [0.2, 0.25) is 0 Å². The van der Waals surface area contributed by atoms with Gasteiger partial charge in [0.25, 0.3) is 5.91 Å². The van der Waals surface area contributed by atoms with E-state index in [0.29, 0.717) is 13.2 Å². The summed E-state index contributed by atoms with van der Waals surface area (Å²) in [5, 5.41) is 12.2. The van der Waals surface area contributed by atoms with Crippen LogP contribution in [0.25, 0.3) is 6.08 Å². The maximum Gasteiger partial charge on any atom is 0.266 e. The summed E-state index contributed by atoms with van der Waals surface area (Å²) in [5.41, 5.74) is 4.29. The van der Waals surface area contributed by atoms with Crippen LogP contribution < -0.4 is 5.32 Å². The third kappa shape index (κ3) is 4.96. The maximum atomic E-state index is 13.9. The van der Waals surface area contributed by atoms with Gasteiger partial charge in [0, 0.05) is 18.8 Å². The fourth-order valence-corrected chi connectivity index (χ4v) is 4.01. The fourth-order valence-electron chi connectivity index (χ4n) is 4.01. The molecule has 1 amide bonds. The Labute approximate surface area is 187 Å². The summed E-state index contributed by atoms with van der Waals surface area (Å²) in [6, 6.07) is 18.0. The van der Waals surface area contributed by atoms with Crippen molar-refractivity contribution in [1.29, 1.82) is 5.26 Å². The molecule has 0 saturated carbocycles. The Hall–Kier alpha value is -3.69. The van der Waals surface area contributed by atoms with E-state index in [0.717, 1.165) is 42.8 Å². The Bertz CT molecular complexity index is 1120. The predicted octanol–water partition coefficient (Wildman–Crippen LogP) is 4.68. The minimum Gasteiger partial charge on any atom is -0.378 e. The number of carbonyl (C=O) groups excluding carboxylic acids is 1. The van der Waals surface area contributed by atoms with E-state index < -0.39 is 11.7 Å². The van der Waals surface area contributed by atoms with Gasteiger partial charge in [-0.3, -0.25) is 4.79 Å². The Morgan fingerprint density at radius 3 is 2.50 bits per heavy atom. The molecule has 1 fully saturated rings. The first kappa shape index (κ1) is 21.5. The molecule has 5 nitrogen and oxygen atoms in total. The maximum absolute atomic E-state index is 13.9. The van der Waals surface area contributed by atoms with E-state index in [1.54, 1.807) is 18.2 Å². The number of morpholine rings is 1. The van der Waals surface area contributed by atoms with Gasteiger partial charge in [0.1, 0.15) is 17.5 Å². The molecule has 2 aliphatic rings. The van der Waals surface area contributed by atoms with Crippen molar-refractivity contribution in [2.24, 2.45) is 0 Å². The third-order valence-electron chi connectivity index (χ3n) is 5.55. The van der Waals surface area contributed by atoms with E-state index in [1.165, 1.54) is 17.7 Å². The number of benzene rings is 2. The number of amides is 1. The van der Waals surface area contributed by atoms with Crippen LogP contribution in [-0.4, -0.2) is 37.1 Å². The van der Waals surface area contributed by atoms with E-state index in [2.05, 4.69) is 28.4 Å². The van der Waals surface area contributed by atoms with Gasteiger partial charge in [0.05, 0.1) is 18.9 Å². The van der Waals surface area contributed by atoms with Gasteiger partial charge in [-0.05, 0) is 53.8 Å². The summed E-state index contributed by atoms with van der Waals surface area (Å²) in [7, 11) is 0. The number of rotatable bonds is 5. The molecule has 0 unspecified atom stereocenters. The van der Waals surface area contributed by atoms with Crippen molar-refractivity contribution < 1.29 is 13.9 Å². The van der Waals surface area contributed by atoms with E-state index in [9.17, 15) is 14.4 Å². The van der Waals surface area contributed by atoms with Gasteiger partial charge in [-0.1, -0.05) is 42.5 Å². The Kier molecular flexibility index (Phi) is 6.78. The van der Waals surface area contributed by atoms with Crippen molar-refractivity contribution in [1.82, 2.24) is 4.90 Å². The molecule has 0 atom stereocenters. The molecule has 1 N–H and O–H groups in total.